The van der Waals surface area contributed by atoms with E-state index in [-0.39, 0.29) is 0 Å². The summed E-state index contributed by atoms with van der Waals surface area (Å²) in [5, 5.41) is 7.80. The summed E-state index contributed by atoms with van der Waals surface area (Å²) in [7, 11) is 0. The Morgan fingerprint density at radius 2 is 2.33 bits per heavy atom. The van der Waals surface area contributed by atoms with Crippen LogP contribution in [-0.2, 0) is 14.4 Å². The van der Waals surface area contributed by atoms with E-state index >= 15 is 0 Å². The van der Waals surface area contributed by atoms with Crippen LogP contribution in [0.5, 0.6) is 0 Å². The van der Waals surface area contributed by atoms with Gasteiger partial charge < -0.3 is 4.74 Å². The van der Waals surface area contributed by atoms with Gasteiger partial charge in [-0.1, -0.05) is 0 Å². The lowest BCUT2D eigenvalue weighted by Gasteiger charge is -2.05. The molecule has 0 aromatic carbocycles. The minimum Gasteiger partial charge on any atom is -0.367 e. The molecule has 0 saturated carbocycles. The molecule has 0 saturated heterocycles. The van der Waals surface area contributed by atoms with Gasteiger partial charge in [-0.15, -0.1) is 0 Å². The summed E-state index contributed by atoms with van der Waals surface area (Å²) in [5.41, 5.74) is 0. The van der Waals surface area contributed by atoms with Crippen molar-refractivity contribution in [2.45, 2.75) is 20.0 Å². The Hall–Kier alpha value is -0.610. The molecular weight excluding hydrogens is 124 g/mol. The maximum atomic E-state index is 10.3. The molecule has 54 valence electrons. The van der Waals surface area contributed by atoms with Gasteiger partial charge in [0.2, 0.25) is 0 Å². The molecule has 0 aliphatic carbocycles. The minimum absolute atomic E-state index is 0.427. The van der Waals surface area contributed by atoms with Crippen molar-refractivity contribution in [1.29, 1.82) is 0 Å². The predicted molar refractivity (Wildman–Crippen MR) is 29.8 cm³/mol. The summed E-state index contributed by atoms with van der Waals surface area (Å²) < 4.78 is 4.76. The zero-order chi connectivity index (χ0) is 7.28. The molecule has 0 rings (SSSR count). The quantitative estimate of drug-likeness (QED) is 0.449. The average Bonchev–Trinajstić information content (AvgIpc) is 1.87. The van der Waals surface area contributed by atoms with E-state index in [0.29, 0.717) is 6.61 Å². The lowest BCUT2D eigenvalue weighted by Crippen LogP contribution is -2.21. The van der Waals surface area contributed by atoms with Crippen molar-refractivity contribution in [2.24, 2.45) is 0 Å². The van der Waals surface area contributed by atoms with E-state index in [1.54, 1.807) is 6.92 Å². The third kappa shape index (κ3) is 3.05. The largest absolute Gasteiger partial charge is 0.370 e. The van der Waals surface area contributed by atoms with Crippen LogP contribution in [0.2, 0.25) is 0 Å². The minimum atomic E-state index is -0.767. The maximum absolute atomic E-state index is 10.3. The molecule has 0 aliphatic rings. The summed E-state index contributed by atoms with van der Waals surface area (Å²) in [4.78, 5) is 13.7. The molecule has 9 heavy (non-hydrogen) atoms. The predicted octanol–water partition coefficient (Wildman–Crippen LogP) is 0.428. The molecule has 0 aromatic heterocycles. The van der Waals surface area contributed by atoms with Crippen molar-refractivity contribution in [1.82, 2.24) is 0 Å². The first-order chi connectivity index (χ1) is 4.22. The van der Waals surface area contributed by atoms with Gasteiger partial charge in [0.1, 0.15) is 0 Å². The molecule has 0 spiro atoms. The topological polar surface area (TPSA) is 55.8 Å². The first kappa shape index (κ1) is 8.39. The van der Waals surface area contributed by atoms with Gasteiger partial charge in [-0.2, -0.15) is 5.26 Å². The van der Waals surface area contributed by atoms with E-state index in [1.807, 2.05) is 0 Å². The van der Waals surface area contributed by atoms with Crippen LogP contribution in [0.3, 0.4) is 0 Å². The Labute approximate surface area is 53.3 Å². The number of rotatable bonds is 3. The van der Waals surface area contributed by atoms with Crippen LogP contribution in [0, 0.1) is 0 Å². The fourth-order valence-corrected chi connectivity index (χ4v) is 0.392. The van der Waals surface area contributed by atoms with Crippen LogP contribution < -0.4 is 0 Å². The van der Waals surface area contributed by atoms with Gasteiger partial charge >= 0.3 is 5.97 Å². The molecule has 0 aliphatic heterocycles. The molecule has 0 fully saturated rings. The fraction of sp³-hybridized carbons (Fsp3) is 0.800. The van der Waals surface area contributed by atoms with Gasteiger partial charge in [-0.25, -0.2) is 4.79 Å². The van der Waals surface area contributed by atoms with Gasteiger partial charge in [0, 0.05) is 6.61 Å². The first-order valence-corrected chi connectivity index (χ1v) is 2.69. The Morgan fingerprint density at radius 3 is 2.67 bits per heavy atom. The van der Waals surface area contributed by atoms with Crippen LogP contribution in [0.1, 0.15) is 13.8 Å². The van der Waals surface area contributed by atoms with E-state index < -0.39 is 12.1 Å². The van der Waals surface area contributed by atoms with Crippen molar-refractivity contribution >= 4 is 5.97 Å². The van der Waals surface area contributed by atoms with Gasteiger partial charge in [0.15, 0.2) is 6.10 Å². The van der Waals surface area contributed by atoms with Crippen LogP contribution in [0.15, 0.2) is 0 Å². The zero-order valence-electron chi connectivity index (χ0n) is 5.46. The lowest BCUT2D eigenvalue weighted by atomic mass is 10.4. The van der Waals surface area contributed by atoms with Crippen LogP contribution >= 0.6 is 0 Å². The van der Waals surface area contributed by atoms with Gasteiger partial charge in [0.25, 0.3) is 0 Å². The highest BCUT2D eigenvalue weighted by atomic mass is 17.1. The highest BCUT2D eigenvalue weighted by Crippen LogP contribution is 1.91. The van der Waals surface area contributed by atoms with Crippen molar-refractivity contribution < 1.29 is 19.7 Å². The molecule has 1 unspecified atom stereocenters. The van der Waals surface area contributed by atoms with Crippen molar-refractivity contribution in [3.05, 3.63) is 0 Å². The van der Waals surface area contributed by atoms with Crippen molar-refractivity contribution in [3.63, 3.8) is 0 Å². The van der Waals surface area contributed by atoms with E-state index in [4.69, 9.17) is 9.99 Å². The molecule has 0 bridgehead atoms. The summed E-state index contributed by atoms with van der Waals surface area (Å²) in [6.07, 6.45) is -0.681. The van der Waals surface area contributed by atoms with Crippen LogP contribution in [-0.4, -0.2) is 23.9 Å². The number of hydrogen-bond donors (Lipinski definition) is 1. The third-order valence-electron chi connectivity index (χ3n) is 0.839. The standard InChI is InChI=1S/C5H10O4/c1-3-8-4(2)5(6)9-7/h4,7H,3H2,1-2H3. The molecule has 1 atom stereocenters. The van der Waals surface area contributed by atoms with Crippen molar-refractivity contribution in [2.75, 3.05) is 6.61 Å². The second kappa shape index (κ2) is 4.29. The second-order valence-corrected chi connectivity index (χ2v) is 1.51. The summed E-state index contributed by atoms with van der Waals surface area (Å²) in [6.45, 7) is 3.68. The average molecular weight is 134 g/mol. The molecule has 0 radical (unpaired) electrons. The Bertz CT molecular complexity index is 91.0. The zero-order valence-corrected chi connectivity index (χ0v) is 5.46. The number of ether oxygens (including phenoxy) is 1. The highest BCUT2D eigenvalue weighted by molar-refractivity contribution is 5.73. The van der Waals surface area contributed by atoms with E-state index in [1.165, 1.54) is 6.92 Å². The van der Waals surface area contributed by atoms with Crippen molar-refractivity contribution in [3.8, 4) is 0 Å². The Balaban J connectivity index is 3.45. The Morgan fingerprint density at radius 1 is 1.78 bits per heavy atom. The van der Waals surface area contributed by atoms with E-state index in [0.717, 1.165) is 0 Å². The molecule has 4 heteroatoms. The summed E-state index contributed by atoms with van der Waals surface area (Å²) in [5.74, 6) is -0.767. The number of carbonyl (C=O) groups is 1. The Kier molecular flexibility index (Phi) is 4.00. The summed E-state index contributed by atoms with van der Waals surface area (Å²) in [6, 6.07) is 0. The van der Waals surface area contributed by atoms with Crippen LogP contribution in [0.4, 0.5) is 0 Å². The van der Waals surface area contributed by atoms with E-state index in [9.17, 15) is 4.79 Å². The first-order valence-electron chi connectivity index (χ1n) is 2.69. The number of hydrogen-bond acceptors (Lipinski definition) is 4. The molecule has 0 aromatic rings. The smallest absolute Gasteiger partial charge is 0.367 e. The fourth-order valence-electron chi connectivity index (χ4n) is 0.392. The monoisotopic (exact) mass is 134 g/mol. The van der Waals surface area contributed by atoms with Crippen LogP contribution in [0.25, 0.3) is 0 Å². The number of carbonyl (C=O) groups excluding carboxylic acids is 1. The highest BCUT2D eigenvalue weighted by Gasteiger charge is 2.12. The SMILES string of the molecule is CCOC(C)C(=O)OO. The molecule has 1 N–H and O–H groups in total. The van der Waals surface area contributed by atoms with Gasteiger partial charge in [0.05, 0.1) is 0 Å². The van der Waals surface area contributed by atoms with Gasteiger partial charge in [-0.3, -0.25) is 4.89 Å². The lowest BCUT2D eigenvalue weighted by molar-refractivity contribution is -0.243. The van der Waals surface area contributed by atoms with E-state index in [2.05, 4.69) is 4.89 Å². The maximum Gasteiger partial charge on any atom is 0.370 e. The molecule has 4 nitrogen and oxygen atoms in total. The third-order valence-corrected chi connectivity index (χ3v) is 0.839. The van der Waals surface area contributed by atoms with Gasteiger partial charge in [-0.05, 0) is 13.8 Å². The molecule has 0 heterocycles. The summed E-state index contributed by atoms with van der Waals surface area (Å²) >= 11 is 0. The molecular formula is C5H10O4. The molecule has 0 amide bonds. The second-order valence-electron chi connectivity index (χ2n) is 1.51. The normalized spacial score (nSPS) is 12.8.